The predicted octanol–water partition coefficient (Wildman–Crippen LogP) is 3.97. The van der Waals surface area contributed by atoms with Crippen LogP contribution < -0.4 is 18.9 Å². The first kappa shape index (κ1) is 19.4. The summed E-state index contributed by atoms with van der Waals surface area (Å²) in [6.07, 6.45) is 1.63. The van der Waals surface area contributed by atoms with E-state index in [4.69, 9.17) is 23.8 Å². The molecule has 0 aliphatic rings. The molecule has 0 amide bonds. The molecule has 0 aromatic heterocycles. The molecule has 0 radical (unpaired) electrons. The van der Waals surface area contributed by atoms with Crippen molar-refractivity contribution < 1.29 is 23.8 Å². The van der Waals surface area contributed by atoms with Crippen LogP contribution in [0.4, 0.5) is 0 Å². The average molecular weight is 359 g/mol. The van der Waals surface area contributed by atoms with Crippen molar-refractivity contribution in [1.82, 2.24) is 0 Å². The third-order valence-corrected chi connectivity index (χ3v) is 3.83. The number of methoxy groups -OCH3 is 3. The highest BCUT2D eigenvalue weighted by atomic mass is 16.6. The summed E-state index contributed by atoms with van der Waals surface area (Å²) < 4.78 is 21.4. The van der Waals surface area contributed by atoms with Gasteiger partial charge in [-0.05, 0) is 55.3 Å². The fraction of sp³-hybridized carbons (Fsp3) is 0.350. The lowest BCUT2D eigenvalue weighted by Crippen LogP contribution is -1.97. The molecule has 0 aliphatic carbocycles. The van der Waals surface area contributed by atoms with E-state index in [-0.39, 0.29) is 0 Å². The molecule has 0 saturated carbocycles. The second-order valence-electron chi connectivity index (χ2n) is 5.48. The standard InChI is InChI=1S/C20H25NO5/c1-6-25-17-8-7-15(10-19(17)23-4)12-21-26-13-16-11-20(24-5)18(22-3)9-14(16)2/h7-12H,6,13H2,1-5H3/b21-12-. The molecule has 6 nitrogen and oxygen atoms in total. The maximum Gasteiger partial charge on any atom is 0.161 e. The predicted molar refractivity (Wildman–Crippen MR) is 101 cm³/mol. The molecule has 2 aromatic rings. The Hall–Kier alpha value is -2.89. The Morgan fingerprint density at radius 3 is 2.19 bits per heavy atom. The lowest BCUT2D eigenvalue weighted by molar-refractivity contribution is 0.131. The number of benzene rings is 2. The molecule has 0 saturated heterocycles. The largest absolute Gasteiger partial charge is 0.493 e. The molecule has 2 rings (SSSR count). The van der Waals surface area contributed by atoms with Crippen LogP contribution in [-0.2, 0) is 11.4 Å². The van der Waals surface area contributed by atoms with E-state index in [0.717, 1.165) is 16.7 Å². The van der Waals surface area contributed by atoms with Gasteiger partial charge in [0.15, 0.2) is 23.0 Å². The topological polar surface area (TPSA) is 58.5 Å². The van der Waals surface area contributed by atoms with Crippen molar-refractivity contribution in [3.63, 3.8) is 0 Å². The van der Waals surface area contributed by atoms with E-state index in [0.29, 0.717) is 36.2 Å². The Bertz CT molecular complexity index is 758. The number of nitrogens with zero attached hydrogens (tertiary/aromatic N) is 1. The molecule has 0 fully saturated rings. The van der Waals surface area contributed by atoms with Gasteiger partial charge < -0.3 is 23.8 Å². The Morgan fingerprint density at radius 1 is 0.885 bits per heavy atom. The summed E-state index contributed by atoms with van der Waals surface area (Å²) in [5.74, 6) is 2.72. The SMILES string of the molecule is CCOc1ccc(/C=N\OCc2cc(OC)c(OC)cc2C)cc1OC. The van der Waals surface area contributed by atoms with Gasteiger partial charge in [-0.2, -0.15) is 0 Å². The summed E-state index contributed by atoms with van der Waals surface area (Å²) in [5, 5.41) is 4.03. The molecule has 2 aromatic carbocycles. The fourth-order valence-corrected chi connectivity index (χ4v) is 2.42. The first-order valence-electron chi connectivity index (χ1n) is 8.30. The highest BCUT2D eigenvalue weighted by Gasteiger charge is 2.09. The molecule has 0 N–H and O–H groups in total. The molecule has 6 heteroatoms. The highest BCUT2D eigenvalue weighted by Crippen LogP contribution is 2.30. The Labute approximate surface area is 154 Å². The van der Waals surface area contributed by atoms with E-state index < -0.39 is 0 Å². The van der Waals surface area contributed by atoms with Crippen LogP contribution in [0.25, 0.3) is 0 Å². The van der Waals surface area contributed by atoms with Gasteiger partial charge >= 0.3 is 0 Å². The summed E-state index contributed by atoms with van der Waals surface area (Å²) in [6, 6.07) is 9.39. The van der Waals surface area contributed by atoms with Crippen molar-refractivity contribution in [2.24, 2.45) is 5.16 Å². The summed E-state index contributed by atoms with van der Waals surface area (Å²) in [7, 11) is 4.83. The number of aryl methyl sites for hydroxylation is 1. The van der Waals surface area contributed by atoms with Crippen molar-refractivity contribution in [3.8, 4) is 23.0 Å². The minimum Gasteiger partial charge on any atom is -0.493 e. The first-order valence-corrected chi connectivity index (χ1v) is 8.30. The van der Waals surface area contributed by atoms with E-state index in [9.17, 15) is 0 Å². The summed E-state index contributed by atoms with van der Waals surface area (Å²) >= 11 is 0. The summed E-state index contributed by atoms with van der Waals surface area (Å²) in [5.41, 5.74) is 2.87. The van der Waals surface area contributed by atoms with E-state index in [2.05, 4.69) is 5.16 Å². The quantitative estimate of drug-likeness (QED) is 0.501. The van der Waals surface area contributed by atoms with Gasteiger partial charge in [-0.25, -0.2) is 0 Å². The average Bonchev–Trinajstić information content (AvgIpc) is 2.66. The number of rotatable bonds is 9. The maximum absolute atomic E-state index is 5.50. The number of hydrogen-bond donors (Lipinski definition) is 0. The second kappa shape index (κ2) is 9.56. The Morgan fingerprint density at radius 2 is 1.54 bits per heavy atom. The zero-order valence-corrected chi connectivity index (χ0v) is 15.9. The first-order chi connectivity index (χ1) is 12.6. The van der Waals surface area contributed by atoms with Crippen molar-refractivity contribution in [3.05, 3.63) is 47.0 Å². The van der Waals surface area contributed by atoms with Crippen LogP contribution in [0.5, 0.6) is 23.0 Å². The smallest absolute Gasteiger partial charge is 0.161 e. The zero-order chi connectivity index (χ0) is 18.9. The van der Waals surface area contributed by atoms with Crippen LogP contribution in [0, 0.1) is 6.92 Å². The second-order valence-corrected chi connectivity index (χ2v) is 5.48. The van der Waals surface area contributed by atoms with Crippen LogP contribution in [0.3, 0.4) is 0 Å². The van der Waals surface area contributed by atoms with Gasteiger partial charge in [0.25, 0.3) is 0 Å². The van der Waals surface area contributed by atoms with Gasteiger partial charge in [-0.3, -0.25) is 0 Å². The third kappa shape index (κ3) is 4.81. The monoisotopic (exact) mass is 359 g/mol. The number of oxime groups is 1. The summed E-state index contributed by atoms with van der Waals surface area (Å²) in [6.45, 7) is 4.83. The van der Waals surface area contributed by atoms with Crippen LogP contribution in [0.15, 0.2) is 35.5 Å². The minimum absolute atomic E-state index is 0.330. The van der Waals surface area contributed by atoms with Gasteiger partial charge in [0.2, 0.25) is 0 Å². The maximum atomic E-state index is 5.50. The number of ether oxygens (including phenoxy) is 4. The Kier molecular flexibility index (Phi) is 7.14. The lowest BCUT2D eigenvalue weighted by atomic mass is 10.1. The van der Waals surface area contributed by atoms with E-state index in [1.165, 1.54) is 0 Å². The van der Waals surface area contributed by atoms with Crippen molar-refractivity contribution in [2.75, 3.05) is 27.9 Å². The van der Waals surface area contributed by atoms with E-state index in [1.54, 1.807) is 27.5 Å². The third-order valence-electron chi connectivity index (χ3n) is 3.83. The molecule has 26 heavy (non-hydrogen) atoms. The Balaban J connectivity index is 2.03. The van der Waals surface area contributed by atoms with Crippen LogP contribution >= 0.6 is 0 Å². The van der Waals surface area contributed by atoms with Crippen molar-refractivity contribution in [2.45, 2.75) is 20.5 Å². The molecular formula is C20H25NO5. The summed E-state index contributed by atoms with van der Waals surface area (Å²) in [4.78, 5) is 5.43. The molecule has 140 valence electrons. The minimum atomic E-state index is 0.330. The lowest BCUT2D eigenvalue weighted by Gasteiger charge is -2.12. The van der Waals surface area contributed by atoms with Gasteiger partial charge in [0.1, 0.15) is 6.61 Å². The molecule has 0 bridgehead atoms. The highest BCUT2D eigenvalue weighted by molar-refractivity contribution is 5.80. The van der Waals surface area contributed by atoms with Gasteiger partial charge in [0.05, 0.1) is 34.2 Å². The molecule has 0 spiro atoms. The van der Waals surface area contributed by atoms with Gasteiger partial charge in [-0.15, -0.1) is 0 Å². The molecule has 0 aliphatic heterocycles. The van der Waals surface area contributed by atoms with E-state index >= 15 is 0 Å². The van der Waals surface area contributed by atoms with E-state index in [1.807, 2.05) is 44.2 Å². The fourth-order valence-electron chi connectivity index (χ4n) is 2.42. The van der Waals surface area contributed by atoms with Crippen LogP contribution in [-0.4, -0.2) is 34.2 Å². The van der Waals surface area contributed by atoms with Crippen molar-refractivity contribution in [1.29, 1.82) is 0 Å². The van der Waals surface area contributed by atoms with Crippen LogP contribution in [0.2, 0.25) is 0 Å². The van der Waals surface area contributed by atoms with Crippen LogP contribution in [0.1, 0.15) is 23.6 Å². The number of hydrogen-bond acceptors (Lipinski definition) is 6. The van der Waals surface area contributed by atoms with Crippen molar-refractivity contribution >= 4 is 6.21 Å². The normalized spacial score (nSPS) is 10.7. The van der Waals surface area contributed by atoms with Gasteiger partial charge in [0, 0.05) is 5.56 Å². The molecule has 0 atom stereocenters. The molecule has 0 heterocycles. The molecule has 0 unspecified atom stereocenters. The van der Waals surface area contributed by atoms with Gasteiger partial charge in [-0.1, -0.05) is 5.16 Å². The zero-order valence-electron chi connectivity index (χ0n) is 15.9. The molecular weight excluding hydrogens is 334 g/mol.